The van der Waals surface area contributed by atoms with E-state index in [0.717, 1.165) is 0 Å². The van der Waals surface area contributed by atoms with Crippen molar-refractivity contribution in [2.75, 3.05) is 5.75 Å². The molecular formula is C11H18O4S. The Morgan fingerprint density at radius 3 is 2.19 bits per heavy atom. The summed E-state index contributed by atoms with van der Waals surface area (Å²) in [6.45, 7) is 5.30. The summed E-state index contributed by atoms with van der Waals surface area (Å²) in [6.07, 6.45) is 1.87. The summed E-state index contributed by atoms with van der Waals surface area (Å²) in [5.41, 5.74) is 0.639. The highest BCUT2D eigenvalue weighted by Crippen LogP contribution is 2.29. The fraction of sp³-hybridized carbons (Fsp3) is 0.727. The van der Waals surface area contributed by atoms with Gasteiger partial charge in [0.1, 0.15) is 0 Å². The molecule has 0 heterocycles. The van der Waals surface area contributed by atoms with E-state index in [-0.39, 0.29) is 16.9 Å². The smallest absolute Gasteiger partial charge is 0.306 e. The molecule has 92 valence electrons. The Labute approximate surface area is 96.3 Å². The summed E-state index contributed by atoms with van der Waals surface area (Å²) in [6, 6.07) is 0. The summed E-state index contributed by atoms with van der Waals surface area (Å²) in [5, 5.41) is 8.43. The molecule has 4 nitrogen and oxygen atoms in total. The first-order valence-corrected chi connectivity index (χ1v) is 7.13. The Bertz CT molecular complexity index is 375. The van der Waals surface area contributed by atoms with Crippen LogP contribution in [0.15, 0.2) is 12.2 Å². The number of carbonyl (C=O) groups is 1. The van der Waals surface area contributed by atoms with Crippen LogP contribution in [0.1, 0.15) is 32.6 Å². The zero-order valence-corrected chi connectivity index (χ0v) is 10.3. The van der Waals surface area contributed by atoms with E-state index in [4.69, 9.17) is 5.11 Å². The number of hydrogen-bond acceptors (Lipinski definition) is 3. The number of aliphatic carboxylic acids is 1. The molecule has 1 saturated carbocycles. The van der Waals surface area contributed by atoms with Crippen LogP contribution in [0.2, 0.25) is 0 Å². The van der Waals surface area contributed by atoms with Gasteiger partial charge in [-0.1, -0.05) is 12.2 Å². The molecule has 0 radical (unpaired) electrons. The zero-order valence-electron chi connectivity index (χ0n) is 9.48. The predicted octanol–water partition coefficient (Wildman–Crippen LogP) is 1.62. The van der Waals surface area contributed by atoms with Crippen molar-refractivity contribution in [1.82, 2.24) is 0 Å². The molecule has 1 N–H and O–H groups in total. The topological polar surface area (TPSA) is 71.4 Å². The lowest BCUT2D eigenvalue weighted by Gasteiger charge is -2.25. The lowest BCUT2D eigenvalue weighted by atomic mass is 9.89. The first-order chi connectivity index (χ1) is 7.33. The molecule has 0 unspecified atom stereocenters. The number of hydrogen-bond donors (Lipinski definition) is 1. The molecule has 1 rings (SSSR count). The van der Waals surface area contributed by atoms with Gasteiger partial charge in [0, 0.05) is 0 Å². The molecule has 5 heteroatoms. The summed E-state index contributed by atoms with van der Waals surface area (Å²) < 4.78 is 23.7. The van der Waals surface area contributed by atoms with Gasteiger partial charge < -0.3 is 5.11 Å². The summed E-state index contributed by atoms with van der Waals surface area (Å²) in [7, 11) is -3.12. The van der Waals surface area contributed by atoms with Crippen LogP contribution in [0, 0.1) is 5.92 Å². The molecule has 0 spiro atoms. The highest BCUT2D eigenvalue weighted by molar-refractivity contribution is 7.92. The average molecular weight is 246 g/mol. The van der Waals surface area contributed by atoms with E-state index in [1.807, 2.05) is 0 Å². The maximum atomic E-state index is 11.9. The largest absolute Gasteiger partial charge is 0.481 e. The lowest BCUT2D eigenvalue weighted by molar-refractivity contribution is -0.142. The third-order valence-corrected chi connectivity index (χ3v) is 5.36. The van der Waals surface area contributed by atoms with Crippen molar-refractivity contribution in [2.24, 2.45) is 5.92 Å². The monoisotopic (exact) mass is 246 g/mol. The fourth-order valence-corrected chi connectivity index (χ4v) is 4.04. The van der Waals surface area contributed by atoms with Gasteiger partial charge in [-0.2, -0.15) is 0 Å². The molecule has 0 aromatic rings. The molecule has 0 aromatic heterocycles. The Kier molecular flexibility index (Phi) is 4.13. The van der Waals surface area contributed by atoms with Crippen molar-refractivity contribution < 1.29 is 18.3 Å². The van der Waals surface area contributed by atoms with Crippen molar-refractivity contribution >= 4 is 15.8 Å². The van der Waals surface area contributed by atoms with Crippen molar-refractivity contribution in [2.45, 2.75) is 37.9 Å². The second-order valence-corrected chi connectivity index (χ2v) is 6.86. The van der Waals surface area contributed by atoms with E-state index in [1.54, 1.807) is 6.92 Å². The SMILES string of the molecule is C=C(C)CS(=O)(=O)C1CCC(C(=O)O)CC1. The van der Waals surface area contributed by atoms with Crippen molar-refractivity contribution in [3.05, 3.63) is 12.2 Å². The number of carboxylic acids is 1. The quantitative estimate of drug-likeness (QED) is 0.765. The standard InChI is InChI=1S/C11H18O4S/c1-8(2)7-16(14,15)10-5-3-9(4-6-10)11(12)13/h9-10H,1,3-7H2,2H3,(H,12,13). The van der Waals surface area contributed by atoms with Crippen molar-refractivity contribution in [3.63, 3.8) is 0 Å². The maximum absolute atomic E-state index is 11.9. The lowest BCUT2D eigenvalue weighted by Crippen LogP contribution is -2.31. The highest BCUT2D eigenvalue weighted by atomic mass is 32.2. The van der Waals surface area contributed by atoms with Crippen molar-refractivity contribution in [1.29, 1.82) is 0 Å². The first-order valence-electron chi connectivity index (χ1n) is 5.41. The molecule has 0 amide bonds. The third kappa shape index (κ3) is 3.33. The Morgan fingerprint density at radius 1 is 1.31 bits per heavy atom. The van der Waals surface area contributed by atoms with Crippen LogP contribution < -0.4 is 0 Å². The van der Waals surface area contributed by atoms with Gasteiger partial charge in [0.05, 0.1) is 16.9 Å². The molecule has 1 aliphatic carbocycles. The first kappa shape index (κ1) is 13.2. The number of sulfone groups is 1. The Hall–Kier alpha value is -0.840. The number of carboxylic acid groups (broad SMARTS) is 1. The van der Waals surface area contributed by atoms with Crippen molar-refractivity contribution in [3.8, 4) is 0 Å². The summed E-state index contributed by atoms with van der Waals surface area (Å²) in [4.78, 5) is 10.7. The second-order valence-electron chi connectivity index (χ2n) is 4.58. The minimum atomic E-state index is -3.12. The van der Waals surface area contributed by atoms with Gasteiger partial charge in [0.2, 0.25) is 0 Å². The minimum absolute atomic E-state index is 0.0232. The fourth-order valence-electron chi connectivity index (χ4n) is 2.13. The van der Waals surface area contributed by atoms with Crippen LogP contribution in [0.5, 0.6) is 0 Å². The van der Waals surface area contributed by atoms with Gasteiger partial charge in [-0.25, -0.2) is 8.42 Å². The predicted molar refractivity (Wildman–Crippen MR) is 62.0 cm³/mol. The van der Waals surface area contributed by atoms with Crippen LogP contribution in [0.3, 0.4) is 0 Å². The van der Waals surface area contributed by atoms with Crippen LogP contribution in [0.25, 0.3) is 0 Å². The Morgan fingerprint density at radius 2 is 1.81 bits per heavy atom. The Balaban J connectivity index is 2.60. The second kappa shape index (κ2) is 4.99. The maximum Gasteiger partial charge on any atom is 0.306 e. The van der Waals surface area contributed by atoms with E-state index in [1.165, 1.54) is 0 Å². The van der Waals surface area contributed by atoms with Crippen LogP contribution in [-0.4, -0.2) is 30.5 Å². The van der Waals surface area contributed by atoms with Crippen LogP contribution in [-0.2, 0) is 14.6 Å². The molecule has 0 aromatic carbocycles. The molecule has 0 atom stereocenters. The average Bonchev–Trinajstić information content (AvgIpc) is 2.16. The molecule has 16 heavy (non-hydrogen) atoms. The van der Waals surface area contributed by atoms with Gasteiger partial charge in [-0.3, -0.25) is 4.79 Å². The van der Waals surface area contributed by atoms with E-state index < -0.39 is 15.8 Å². The summed E-state index contributed by atoms with van der Waals surface area (Å²) >= 11 is 0. The number of rotatable bonds is 4. The molecule has 1 fully saturated rings. The molecule has 0 saturated heterocycles. The van der Waals surface area contributed by atoms with Gasteiger partial charge in [-0.15, -0.1) is 0 Å². The van der Waals surface area contributed by atoms with Gasteiger partial charge >= 0.3 is 5.97 Å². The molecule has 0 bridgehead atoms. The van der Waals surface area contributed by atoms with E-state index in [0.29, 0.717) is 31.3 Å². The van der Waals surface area contributed by atoms with Gasteiger partial charge in [0.15, 0.2) is 9.84 Å². The molecule has 1 aliphatic rings. The highest BCUT2D eigenvalue weighted by Gasteiger charge is 2.32. The molecular weight excluding hydrogens is 228 g/mol. The third-order valence-electron chi connectivity index (χ3n) is 2.98. The minimum Gasteiger partial charge on any atom is -0.481 e. The zero-order chi connectivity index (χ0) is 12.3. The molecule has 0 aliphatic heterocycles. The normalized spacial score (nSPS) is 26.3. The van der Waals surface area contributed by atoms with E-state index in [9.17, 15) is 13.2 Å². The van der Waals surface area contributed by atoms with Gasteiger partial charge in [-0.05, 0) is 32.6 Å². The van der Waals surface area contributed by atoms with E-state index >= 15 is 0 Å². The van der Waals surface area contributed by atoms with Gasteiger partial charge in [0.25, 0.3) is 0 Å². The van der Waals surface area contributed by atoms with E-state index in [2.05, 4.69) is 6.58 Å². The van der Waals surface area contributed by atoms with Crippen LogP contribution >= 0.6 is 0 Å². The summed E-state index contributed by atoms with van der Waals surface area (Å²) in [5.74, 6) is -1.15. The van der Waals surface area contributed by atoms with Crippen LogP contribution in [0.4, 0.5) is 0 Å².